The van der Waals surface area contributed by atoms with E-state index in [1.54, 1.807) is 18.2 Å². The molecule has 14 heavy (non-hydrogen) atoms. The molecule has 0 saturated heterocycles. The first-order valence-corrected chi connectivity index (χ1v) is 6.97. The number of halogens is 1. The van der Waals surface area contributed by atoms with Crippen molar-refractivity contribution in [1.29, 1.82) is 0 Å². The van der Waals surface area contributed by atoms with Crippen molar-refractivity contribution in [1.82, 2.24) is 0 Å². The molecular formula is C10H11BrO2S. The molecule has 2 nitrogen and oxygen atoms in total. The van der Waals surface area contributed by atoms with Crippen molar-refractivity contribution in [3.8, 4) is 0 Å². The topological polar surface area (TPSA) is 34.1 Å². The molecule has 0 aliphatic rings. The van der Waals surface area contributed by atoms with E-state index in [-0.39, 0.29) is 5.75 Å². The smallest absolute Gasteiger partial charge is 0.175 e. The van der Waals surface area contributed by atoms with E-state index in [1.165, 1.54) is 5.41 Å². The van der Waals surface area contributed by atoms with Gasteiger partial charge in [0.15, 0.2) is 9.84 Å². The van der Waals surface area contributed by atoms with Crippen LogP contribution in [0.4, 0.5) is 0 Å². The van der Waals surface area contributed by atoms with Crippen molar-refractivity contribution in [2.24, 2.45) is 0 Å². The van der Waals surface area contributed by atoms with Crippen molar-refractivity contribution in [2.45, 2.75) is 5.75 Å². The molecule has 0 spiro atoms. The first-order valence-electron chi connectivity index (χ1n) is 4.13. The molecule has 4 heteroatoms. The summed E-state index contributed by atoms with van der Waals surface area (Å²) in [5.74, 6) is 0.0668. The Hall–Kier alpha value is -0.610. The van der Waals surface area contributed by atoms with Crippen LogP contribution >= 0.6 is 15.9 Å². The molecule has 0 unspecified atom stereocenters. The Kier molecular flexibility index (Phi) is 4.35. The van der Waals surface area contributed by atoms with Gasteiger partial charge in [0.2, 0.25) is 0 Å². The average molecular weight is 275 g/mol. The van der Waals surface area contributed by atoms with Gasteiger partial charge in [-0.1, -0.05) is 52.3 Å². The lowest BCUT2D eigenvalue weighted by Gasteiger charge is -1.98. The van der Waals surface area contributed by atoms with E-state index in [2.05, 4.69) is 15.9 Å². The summed E-state index contributed by atoms with van der Waals surface area (Å²) in [7, 11) is -3.11. The summed E-state index contributed by atoms with van der Waals surface area (Å²) >= 11 is 3.14. The molecule has 0 saturated carbocycles. The summed E-state index contributed by atoms with van der Waals surface area (Å²) < 4.78 is 22.9. The van der Waals surface area contributed by atoms with Crippen molar-refractivity contribution in [3.63, 3.8) is 0 Å². The third-order valence-electron chi connectivity index (χ3n) is 1.60. The Labute approximate surface area is 92.7 Å². The fourth-order valence-electron chi connectivity index (χ4n) is 1.04. The zero-order chi connectivity index (χ0) is 10.4. The highest BCUT2D eigenvalue weighted by atomic mass is 79.9. The maximum Gasteiger partial charge on any atom is 0.175 e. The maximum atomic E-state index is 11.5. The van der Waals surface area contributed by atoms with E-state index in [0.717, 1.165) is 5.56 Å². The van der Waals surface area contributed by atoms with Gasteiger partial charge in [0, 0.05) is 10.7 Å². The lowest BCUT2D eigenvalue weighted by atomic mass is 10.2. The molecule has 0 fully saturated rings. The fraction of sp³-hybridized carbons (Fsp3) is 0.200. The van der Waals surface area contributed by atoms with Crippen LogP contribution in [0.25, 0.3) is 0 Å². The molecule has 0 heterocycles. The van der Waals surface area contributed by atoms with E-state index in [4.69, 9.17) is 0 Å². The van der Waals surface area contributed by atoms with Crippen LogP contribution in [-0.4, -0.2) is 13.7 Å². The molecule has 0 amide bonds. The number of hydrogen-bond donors (Lipinski definition) is 0. The zero-order valence-corrected chi connectivity index (χ0v) is 9.96. The van der Waals surface area contributed by atoms with Crippen LogP contribution < -0.4 is 0 Å². The molecule has 0 atom stereocenters. The first-order chi connectivity index (χ1) is 6.64. The van der Waals surface area contributed by atoms with Crippen molar-refractivity contribution in [3.05, 3.63) is 47.4 Å². The first kappa shape index (κ1) is 11.5. The van der Waals surface area contributed by atoms with E-state index in [1.807, 2.05) is 18.2 Å². The summed E-state index contributed by atoms with van der Waals surface area (Å²) in [6.07, 6.45) is 1.58. The number of sulfone groups is 1. The van der Waals surface area contributed by atoms with Gasteiger partial charge in [-0.15, -0.1) is 0 Å². The quantitative estimate of drug-likeness (QED) is 0.791. The molecule has 0 bridgehead atoms. The largest absolute Gasteiger partial charge is 0.224 e. The Balaban J connectivity index is 2.74. The van der Waals surface area contributed by atoms with Crippen LogP contribution in [0.2, 0.25) is 0 Å². The SMILES string of the molecule is O=S(=O)(/C=C/CBr)Cc1ccccc1. The highest BCUT2D eigenvalue weighted by Crippen LogP contribution is 2.07. The minimum absolute atomic E-state index is 0.0668. The van der Waals surface area contributed by atoms with Crippen molar-refractivity contribution >= 4 is 25.8 Å². The summed E-state index contributed by atoms with van der Waals surface area (Å²) in [6, 6.07) is 9.14. The van der Waals surface area contributed by atoms with Gasteiger partial charge in [0.05, 0.1) is 5.75 Å². The number of alkyl halides is 1. The lowest BCUT2D eigenvalue weighted by molar-refractivity contribution is 0.604. The van der Waals surface area contributed by atoms with Crippen LogP contribution in [0, 0.1) is 0 Å². The van der Waals surface area contributed by atoms with Crippen LogP contribution in [0.1, 0.15) is 5.56 Å². The van der Waals surface area contributed by atoms with Gasteiger partial charge in [-0.05, 0) is 5.56 Å². The van der Waals surface area contributed by atoms with Crippen LogP contribution in [-0.2, 0) is 15.6 Å². The Morgan fingerprint density at radius 2 is 1.86 bits per heavy atom. The van der Waals surface area contributed by atoms with Crippen LogP contribution in [0.3, 0.4) is 0 Å². The molecule has 1 aromatic carbocycles. The number of rotatable bonds is 4. The minimum atomic E-state index is -3.11. The van der Waals surface area contributed by atoms with Gasteiger partial charge in [-0.3, -0.25) is 0 Å². The fourth-order valence-corrected chi connectivity index (χ4v) is 2.61. The summed E-state index contributed by atoms with van der Waals surface area (Å²) in [6.45, 7) is 0. The lowest BCUT2D eigenvalue weighted by Crippen LogP contribution is -1.99. The molecule has 76 valence electrons. The van der Waals surface area contributed by atoms with Crippen molar-refractivity contribution in [2.75, 3.05) is 5.33 Å². The van der Waals surface area contributed by atoms with E-state index < -0.39 is 9.84 Å². The molecule has 0 aromatic heterocycles. The van der Waals surface area contributed by atoms with Gasteiger partial charge in [-0.2, -0.15) is 0 Å². The van der Waals surface area contributed by atoms with Gasteiger partial charge in [0.25, 0.3) is 0 Å². The highest BCUT2D eigenvalue weighted by molar-refractivity contribution is 9.09. The zero-order valence-electron chi connectivity index (χ0n) is 7.56. The Bertz CT molecular complexity index is 395. The van der Waals surface area contributed by atoms with E-state index in [0.29, 0.717) is 5.33 Å². The Morgan fingerprint density at radius 1 is 1.21 bits per heavy atom. The van der Waals surface area contributed by atoms with E-state index >= 15 is 0 Å². The second-order valence-electron chi connectivity index (χ2n) is 2.82. The standard InChI is InChI=1S/C10H11BrO2S/c11-7-4-8-14(12,13)9-10-5-2-1-3-6-10/h1-6,8H,7,9H2/b8-4+. The van der Waals surface area contributed by atoms with Gasteiger partial charge in [0.1, 0.15) is 0 Å². The molecule has 0 N–H and O–H groups in total. The van der Waals surface area contributed by atoms with Crippen molar-refractivity contribution < 1.29 is 8.42 Å². The number of allylic oxidation sites excluding steroid dienone is 1. The minimum Gasteiger partial charge on any atom is -0.224 e. The highest BCUT2D eigenvalue weighted by Gasteiger charge is 2.06. The third kappa shape index (κ3) is 4.07. The predicted molar refractivity (Wildman–Crippen MR) is 62.0 cm³/mol. The molecular weight excluding hydrogens is 264 g/mol. The molecule has 1 aromatic rings. The molecule has 0 aliphatic heterocycles. The summed E-state index contributed by atoms with van der Waals surface area (Å²) in [4.78, 5) is 0. The Morgan fingerprint density at radius 3 is 2.43 bits per heavy atom. The molecule has 1 rings (SSSR count). The average Bonchev–Trinajstić information content (AvgIpc) is 2.16. The monoisotopic (exact) mass is 274 g/mol. The maximum absolute atomic E-state index is 11.5. The van der Waals surface area contributed by atoms with Gasteiger partial charge in [-0.25, -0.2) is 8.42 Å². The third-order valence-corrected chi connectivity index (χ3v) is 3.32. The molecule has 0 aliphatic carbocycles. The summed E-state index contributed by atoms with van der Waals surface area (Å²) in [5, 5.41) is 1.80. The van der Waals surface area contributed by atoms with Gasteiger partial charge >= 0.3 is 0 Å². The molecule has 0 radical (unpaired) electrons. The van der Waals surface area contributed by atoms with Gasteiger partial charge < -0.3 is 0 Å². The second kappa shape index (κ2) is 5.32. The number of hydrogen-bond acceptors (Lipinski definition) is 2. The van der Waals surface area contributed by atoms with E-state index in [9.17, 15) is 8.42 Å². The normalized spacial score (nSPS) is 12.1. The predicted octanol–water partition coefficient (Wildman–Crippen LogP) is 2.51. The second-order valence-corrected chi connectivity index (χ2v) is 5.35. The van der Waals surface area contributed by atoms with Crippen LogP contribution in [0.5, 0.6) is 0 Å². The number of benzene rings is 1. The van der Waals surface area contributed by atoms with Crippen LogP contribution in [0.15, 0.2) is 41.8 Å². The summed E-state index contributed by atoms with van der Waals surface area (Å²) in [5.41, 5.74) is 0.812.